The molecule has 3 aromatic heterocycles. The molecule has 2 nitrogen and oxygen atoms in total. The normalized spacial score (nSPS) is 14.1. The van der Waals surface area contributed by atoms with Crippen LogP contribution in [0.3, 0.4) is 0 Å². The fourth-order valence-corrected chi connectivity index (χ4v) is 11.0. The average molecular weight is 515 g/mol. The van der Waals surface area contributed by atoms with Gasteiger partial charge in [0.2, 0.25) is 0 Å². The third-order valence-electron chi connectivity index (χ3n) is 8.96. The third kappa shape index (κ3) is 2.65. The summed E-state index contributed by atoms with van der Waals surface area (Å²) in [6, 6.07) is 45.3. The average Bonchev–Trinajstić information content (AvgIpc) is 3.58. The van der Waals surface area contributed by atoms with Crippen LogP contribution in [-0.4, -0.2) is 16.9 Å². The summed E-state index contributed by atoms with van der Waals surface area (Å²) in [5.41, 5.74) is 7.76. The van der Waals surface area contributed by atoms with Crippen molar-refractivity contribution in [2.45, 2.75) is 13.1 Å². The predicted octanol–water partition coefficient (Wildman–Crippen LogP) is 8.22. The van der Waals surface area contributed by atoms with E-state index in [1.807, 2.05) is 0 Å². The minimum atomic E-state index is -2.05. The molecule has 6 bridgehead atoms. The molecular formula is C36H26N2Si. The second kappa shape index (κ2) is 7.28. The molecule has 9 rings (SSSR count). The van der Waals surface area contributed by atoms with E-state index in [1.165, 1.54) is 65.4 Å². The van der Waals surface area contributed by atoms with Crippen molar-refractivity contribution in [2.75, 3.05) is 0 Å². The van der Waals surface area contributed by atoms with Crippen LogP contribution in [0, 0.1) is 0 Å². The Balaban J connectivity index is 1.75. The van der Waals surface area contributed by atoms with E-state index in [0.717, 1.165) is 0 Å². The molecular weight excluding hydrogens is 488 g/mol. The van der Waals surface area contributed by atoms with Gasteiger partial charge in [-0.1, -0.05) is 92.0 Å². The van der Waals surface area contributed by atoms with Gasteiger partial charge >= 0.3 is 0 Å². The summed E-state index contributed by atoms with van der Waals surface area (Å²) in [6.45, 7) is 5.10. The van der Waals surface area contributed by atoms with Crippen molar-refractivity contribution in [2.24, 2.45) is 0 Å². The van der Waals surface area contributed by atoms with Gasteiger partial charge in [-0.05, 0) is 74.4 Å². The number of aromatic nitrogens is 2. The number of fused-ring (bicyclic) bond motifs is 16. The molecule has 0 N–H and O–H groups in total. The molecule has 0 aliphatic carbocycles. The summed E-state index contributed by atoms with van der Waals surface area (Å²) in [5, 5.41) is 10.9. The van der Waals surface area contributed by atoms with Crippen LogP contribution in [-0.2, 0) is 0 Å². The molecule has 0 spiro atoms. The summed E-state index contributed by atoms with van der Waals surface area (Å²) in [7, 11) is -2.05. The maximum absolute atomic E-state index is 2.55. The Morgan fingerprint density at radius 3 is 1.33 bits per heavy atom. The van der Waals surface area contributed by atoms with Crippen molar-refractivity contribution in [3.63, 3.8) is 0 Å². The quantitative estimate of drug-likeness (QED) is 0.180. The molecule has 0 fully saturated rings. The number of hydrogen-bond acceptors (Lipinski definition) is 0. The Hall–Kier alpha value is -4.60. The topological polar surface area (TPSA) is 8.82 Å². The first-order valence-corrected chi connectivity index (χ1v) is 16.7. The molecule has 3 heteroatoms. The summed E-state index contributed by atoms with van der Waals surface area (Å²) in [6.07, 6.45) is 0. The first-order chi connectivity index (χ1) is 19.1. The number of benzene rings is 5. The molecule has 1 aliphatic rings. The van der Waals surface area contributed by atoms with Crippen molar-refractivity contribution in [3.8, 4) is 0 Å². The molecule has 0 atom stereocenters. The summed E-state index contributed by atoms with van der Waals surface area (Å²) in [4.78, 5) is 0. The molecule has 8 aromatic rings. The first-order valence-electron chi connectivity index (χ1n) is 13.7. The lowest BCUT2D eigenvalue weighted by atomic mass is 10.1. The van der Waals surface area contributed by atoms with Gasteiger partial charge in [0.15, 0.2) is 0 Å². The van der Waals surface area contributed by atoms with Crippen molar-refractivity contribution >= 4 is 83.9 Å². The molecule has 39 heavy (non-hydrogen) atoms. The molecule has 5 aromatic carbocycles. The van der Waals surface area contributed by atoms with Crippen LogP contribution in [0.4, 0.5) is 0 Å². The fraction of sp³-hybridized carbons (Fsp3) is 0.0556. The number of nitrogens with zero attached hydrogens (tertiary/aromatic N) is 2. The highest BCUT2D eigenvalue weighted by molar-refractivity contribution is 7.07. The smallest absolute Gasteiger partial charge is 0.119 e. The zero-order valence-corrected chi connectivity index (χ0v) is 22.9. The zero-order chi connectivity index (χ0) is 25.9. The number of para-hydroxylation sites is 2. The molecule has 0 amide bonds. The maximum atomic E-state index is 2.55. The van der Waals surface area contributed by atoms with E-state index in [4.69, 9.17) is 0 Å². The molecule has 0 saturated heterocycles. The van der Waals surface area contributed by atoms with Crippen LogP contribution in [0.5, 0.6) is 0 Å². The van der Waals surface area contributed by atoms with E-state index in [-0.39, 0.29) is 0 Å². The predicted molar refractivity (Wildman–Crippen MR) is 170 cm³/mol. The molecule has 184 valence electrons. The number of hydrogen-bond donors (Lipinski definition) is 0. The largest absolute Gasteiger partial charge is 0.308 e. The van der Waals surface area contributed by atoms with E-state index < -0.39 is 8.07 Å². The van der Waals surface area contributed by atoms with Crippen molar-refractivity contribution < 1.29 is 0 Å². The SMILES string of the molecule is C[Si]1(C)c2c3ccccc3n3c4cccc(c4)c4cccc(c4)c4cccc(c4)n4c5ccccc5c1c4c23. The highest BCUT2D eigenvalue weighted by atomic mass is 28.3. The van der Waals surface area contributed by atoms with Crippen molar-refractivity contribution in [3.05, 3.63) is 121 Å². The molecule has 0 saturated carbocycles. The van der Waals surface area contributed by atoms with Gasteiger partial charge < -0.3 is 8.80 Å². The van der Waals surface area contributed by atoms with Gasteiger partial charge in [0.05, 0.1) is 22.1 Å². The minimum absolute atomic E-state index is 1.22. The Kier molecular flexibility index (Phi) is 3.98. The van der Waals surface area contributed by atoms with Gasteiger partial charge in [0.25, 0.3) is 0 Å². The molecule has 0 radical (unpaired) electrons. The van der Waals surface area contributed by atoms with Crippen LogP contribution < -0.4 is 10.4 Å². The minimum Gasteiger partial charge on any atom is -0.308 e. The van der Waals surface area contributed by atoms with E-state index in [0.29, 0.717) is 0 Å². The molecule has 4 heterocycles. The van der Waals surface area contributed by atoms with Gasteiger partial charge in [-0.3, -0.25) is 0 Å². The first kappa shape index (κ1) is 21.3. The highest BCUT2D eigenvalue weighted by Crippen LogP contribution is 2.36. The summed E-state index contributed by atoms with van der Waals surface area (Å²) >= 11 is 0. The lowest BCUT2D eigenvalue weighted by Crippen LogP contribution is -2.49. The monoisotopic (exact) mass is 514 g/mol. The zero-order valence-electron chi connectivity index (χ0n) is 21.9. The van der Waals surface area contributed by atoms with E-state index in [2.05, 4.69) is 143 Å². The second-order valence-corrected chi connectivity index (χ2v) is 15.7. The highest BCUT2D eigenvalue weighted by Gasteiger charge is 2.41. The van der Waals surface area contributed by atoms with Crippen molar-refractivity contribution in [1.82, 2.24) is 8.80 Å². The van der Waals surface area contributed by atoms with E-state index in [1.54, 1.807) is 10.4 Å². The van der Waals surface area contributed by atoms with Crippen LogP contribution in [0.25, 0.3) is 65.4 Å². The Bertz CT molecular complexity index is 2260. The Morgan fingerprint density at radius 1 is 0.436 bits per heavy atom. The van der Waals surface area contributed by atoms with Gasteiger partial charge in [-0.15, -0.1) is 0 Å². The van der Waals surface area contributed by atoms with Gasteiger partial charge in [-0.2, -0.15) is 0 Å². The van der Waals surface area contributed by atoms with Crippen LogP contribution in [0.2, 0.25) is 13.1 Å². The fourth-order valence-electron chi connectivity index (χ4n) is 7.38. The van der Waals surface area contributed by atoms with Gasteiger partial charge in [0.1, 0.15) is 8.07 Å². The second-order valence-electron chi connectivity index (χ2n) is 11.5. The van der Waals surface area contributed by atoms with Gasteiger partial charge in [0, 0.05) is 21.8 Å². The Morgan fingerprint density at radius 2 is 0.846 bits per heavy atom. The van der Waals surface area contributed by atoms with Crippen LogP contribution in [0.15, 0.2) is 121 Å². The Labute approximate surface area is 226 Å². The van der Waals surface area contributed by atoms with E-state index >= 15 is 0 Å². The lowest BCUT2D eigenvalue weighted by molar-refractivity contribution is 1.30. The van der Waals surface area contributed by atoms with Crippen LogP contribution in [0.1, 0.15) is 0 Å². The van der Waals surface area contributed by atoms with E-state index in [9.17, 15) is 0 Å². The standard InChI is InChI=1S/C36H26N2Si/c1-39(2)35-29-16-3-5-18-31(29)37-27-14-8-12-25(21-27)23-10-7-11-24(20-23)26-13-9-15-28(22-26)38-32-19-6-4-17-30(32)36(39)34(38)33(35)37/h3-22H,1-2H3. The molecule has 1 aliphatic heterocycles. The van der Waals surface area contributed by atoms with Gasteiger partial charge in [-0.25, -0.2) is 0 Å². The molecule has 0 unspecified atom stereocenters. The van der Waals surface area contributed by atoms with Crippen LogP contribution >= 0.6 is 0 Å². The maximum Gasteiger partial charge on any atom is 0.119 e. The summed E-state index contributed by atoms with van der Waals surface area (Å²) < 4.78 is 5.10. The van der Waals surface area contributed by atoms with Crippen molar-refractivity contribution in [1.29, 1.82) is 0 Å². The number of rotatable bonds is 0. The summed E-state index contributed by atoms with van der Waals surface area (Å²) in [5.74, 6) is 0. The lowest BCUT2D eigenvalue weighted by Gasteiger charge is -2.18. The third-order valence-corrected chi connectivity index (χ3v) is 12.5.